The van der Waals surface area contributed by atoms with Crippen molar-refractivity contribution in [1.29, 1.82) is 0 Å². The third kappa shape index (κ3) is 5.33. The van der Waals surface area contributed by atoms with Gasteiger partial charge in [-0.15, -0.1) is 0 Å². The first kappa shape index (κ1) is 17.4. The predicted octanol–water partition coefficient (Wildman–Crippen LogP) is 2.05. The Labute approximate surface area is 137 Å². The number of nitrogens with zero attached hydrogens (tertiary/aromatic N) is 1. The maximum absolute atomic E-state index is 13.8. The van der Waals surface area contributed by atoms with E-state index in [0.717, 1.165) is 17.3 Å². The largest absolute Gasteiger partial charge is 0.480 e. The topological polar surface area (TPSA) is 74.7 Å². The fourth-order valence-electron chi connectivity index (χ4n) is 2.23. The minimum atomic E-state index is -3.64. The van der Waals surface area contributed by atoms with Gasteiger partial charge in [0.15, 0.2) is 9.84 Å². The van der Waals surface area contributed by atoms with Gasteiger partial charge in [0.05, 0.1) is 5.75 Å². The van der Waals surface area contributed by atoms with E-state index in [2.05, 4.69) is 15.9 Å². The van der Waals surface area contributed by atoms with Gasteiger partial charge < -0.3 is 5.11 Å². The van der Waals surface area contributed by atoms with E-state index in [1.165, 1.54) is 6.07 Å². The van der Waals surface area contributed by atoms with E-state index >= 15 is 0 Å². The average Bonchev–Trinajstić information content (AvgIpc) is 3.21. The lowest BCUT2D eigenvalue weighted by Crippen LogP contribution is -2.33. The van der Waals surface area contributed by atoms with Gasteiger partial charge in [0, 0.05) is 29.2 Å². The van der Waals surface area contributed by atoms with Crippen LogP contribution in [0.3, 0.4) is 0 Å². The van der Waals surface area contributed by atoms with E-state index in [4.69, 9.17) is 5.11 Å². The quantitative estimate of drug-likeness (QED) is 0.731. The summed E-state index contributed by atoms with van der Waals surface area (Å²) in [7, 11) is -3.64. The van der Waals surface area contributed by atoms with Gasteiger partial charge in [-0.05, 0) is 31.0 Å². The number of carboxylic acid groups (broad SMARTS) is 1. The van der Waals surface area contributed by atoms with Crippen LogP contribution < -0.4 is 0 Å². The van der Waals surface area contributed by atoms with Gasteiger partial charge in [0.1, 0.15) is 11.6 Å². The summed E-state index contributed by atoms with van der Waals surface area (Å²) in [4.78, 5) is 12.4. The summed E-state index contributed by atoms with van der Waals surface area (Å²) in [5, 5.41) is 8.59. The van der Waals surface area contributed by atoms with Gasteiger partial charge in [-0.3, -0.25) is 9.69 Å². The molecule has 0 unspecified atom stereocenters. The first-order chi connectivity index (χ1) is 10.3. The van der Waals surface area contributed by atoms with Crippen LogP contribution in [-0.2, 0) is 21.2 Å². The molecular formula is C14H17BrFNO4S. The highest BCUT2D eigenvalue weighted by atomic mass is 79.9. The summed E-state index contributed by atoms with van der Waals surface area (Å²) in [5.41, 5.74) is 0.497. The Hall–Kier alpha value is -0.990. The summed E-state index contributed by atoms with van der Waals surface area (Å²) >= 11 is 3.29. The standard InChI is InChI=1S/C14H17BrFNO4S/c15-11-1-4-13(16)10(7-11)8-17(12-2-3-12)5-6-22(20,21)9-14(18)19/h1,4,7,12H,2-3,5-6,8-9H2,(H,18,19). The molecule has 5 nitrogen and oxygen atoms in total. The highest BCUT2D eigenvalue weighted by Crippen LogP contribution is 2.29. The smallest absolute Gasteiger partial charge is 0.318 e. The van der Waals surface area contributed by atoms with Crippen LogP contribution >= 0.6 is 15.9 Å². The molecule has 2 rings (SSSR count). The zero-order chi connectivity index (χ0) is 16.3. The number of rotatable bonds is 8. The minimum absolute atomic E-state index is 0.215. The number of halogens is 2. The van der Waals surface area contributed by atoms with Crippen LogP contribution in [0.25, 0.3) is 0 Å². The summed E-state index contributed by atoms with van der Waals surface area (Å²) in [5.74, 6) is -2.78. The maximum Gasteiger partial charge on any atom is 0.318 e. The van der Waals surface area contributed by atoms with Gasteiger partial charge in [-0.25, -0.2) is 12.8 Å². The second-order valence-electron chi connectivity index (χ2n) is 5.42. The van der Waals surface area contributed by atoms with Crippen molar-refractivity contribution in [3.63, 3.8) is 0 Å². The van der Waals surface area contributed by atoms with Crippen molar-refractivity contribution in [2.75, 3.05) is 18.1 Å². The number of hydrogen-bond donors (Lipinski definition) is 1. The van der Waals surface area contributed by atoms with Gasteiger partial charge in [0.2, 0.25) is 0 Å². The molecule has 0 saturated heterocycles. The summed E-state index contributed by atoms with van der Waals surface area (Å²) < 4.78 is 37.9. The van der Waals surface area contributed by atoms with Crippen molar-refractivity contribution < 1.29 is 22.7 Å². The normalized spacial score (nSPS) is 15.2. The molecule has 0 bridgehead atoms. The monoisotopic (exact) mass is 393 g/mol. The highest BCUT2D eigenvalue weighted by Gasteiger charge is 2.30. The Kier molecular flexibility index (Phi) is 5.57. The number of carbonyl (C=O) groups is 1. The summed E-state index contributed by atoms with van der Waals surface area (Å²) in [6, 6.07) is 4.90. The first-order valence-corrected chi connectivity index (χ1v) is 9.48. The SMILES string of the molecule is O=C(O)CS(=O)(=O)CCN(Cc1cc(Br)ccc1F)C1CC1. The molecule has 0 atom stereocenters. The Bertz CT molecular complexity index is 661. The van der Waals surface area contributed by atoms with Crippen molar-refractivity contribution in [2.45, 2.75) is 25.4 Å². The predicted molar refractivity (Wildman–Crippen MR) is 83.8 cm³/mol. The van der Waals surface area contributed by atoms with E-state index in [9.17, 15) is 17.6 Å². The van der Waals surface area contributed by atoms with Gasteiger partial charge >= 0.3 is 5.97 Å². The molecule has 8 heteroatoms. The van der Waals surface area contributed by atoms with Gasteiger partial charge in [-0.2, -0.15) is 0 Å². The average molecular weight is 394 g/mol. The third-order valence-corrected chi connectivity index (χ3v) is 5.46. The van der Waals surface area contributed by atoms with Crippen molar-refractivity contribution in [3.8, 4) is 0 Å². The van der Waals surface area contributed by atoms with Gasteiger partial charge in [0.25, 0.3) is 0 Å². The molecule has 1 aromatic carbocycles. The number of carboxylic acids is 1. The fourth-order valence-corrected chi connectivity index (χ4v) is 3.67. The molecular weight excluding hydrogens is 377 g/mol. The number of aliphatic carboxylic acids is 1. The Morgan fingerprint density at radius 3 is 2.68 bits per heavy atom. The zero-order valence-electron chi connectivity index (χ0n) is 11.8. The van der Waals surface area contributed by atoms with E-state index in [-0.39, 0.29) is 24.2 Å². The van der Waals surface area contributed by atoms with E-state index in [1.54, 1.807) is 12.1 Å². The van der Waals surface area contributed by atoms with Crippen molar-refractivity contribution in [3.05, 3.63) is 34.1 Å². The van der Waals surface area contributed by atoms with E-state index in [0.29, 0.717) is 12.1 Å². The molecule has 1 aliphatic carbocycles. The van der Waals surface area contributed by atoms with Crippen LogP contribution in [0.4, 0.5) is 4.39 Å². The van der Waals surface area contributed by atoms with Crippen LogP contribution in [0.15, 0.2) is 22.7 Å². The minimum Gasteiger partial charge on any atom is -0.480 e. The van der Waals surface area contributed by atoms with Crippen molar-refractivity contribution >= 4 is 31.7 Å². The third-order valence-electron chi connectivity index (χ3n) is 3.48. The Morgan fingerprint density at radius 1 is 1.41 bits per heavy atom. The maximum atomic E-state index is 13.8. The van der Waals surface area contributed by atoms with Crippen molar-refractivity contribution in [2.24, 2.45) is 0 Å². The molecule has 0 amide bonds. The molecule has 0 aliphatic heterocycles. The van der Waals surface area contributed by atoms with Crippen LogP contribution in [0.1, 0.15) is 18.4 Å². The Balaban J connectivity index is 2.02. The molecule has 1 saturated carbocycles. The molecule has 122 valence electrons. The van der Waals surface area contributed by atoms with Crippen molar-refractivity contribution in [1.82, 2.24) is 4.90 Å². The van der Waals surface area contributed by atoms with Crippen LogP contribution in [0, 0.1) is 5.82 Å². The zero-order valence-corrected chi connectivity index (χ0v) is 14.2. The molecule has 1 fully saturated rings. The second-order valence-corrected chi connectivity index (χ2v) is 8.52. The van der Waals surface area contributed by atoms with E-state index in [1.807, 2.05) is 4.90 Å². The summed E-state index contributed by atoms with van der Waals surface area (Å²) in [6.45, 7) is 0.533. The lowest BCUT2D eigenvalue weighted by molar-refractivity contribution is -0.134. The van der Waals surface area contributed by atoms with E-state index < -0.39 is 21.6 Å². The molecule has 0 spiro atoms. The second kappa shape index (κ2) is 7.06. The molecule has 0 aromatic heterocycles. The van der Waals surface area contributed by atoms with Gasteiger partial charge in [-0.1, -0.05) is 15.9 Å². The highest BCUT2D eigenvalue weighted by molar-refractivity contribution is 9.10. The molecule has 22 heavy (non-hydrogen) atoms. The Morgan fingerprint density at radius 2 is 2.09 bits per heavy atom. The number of hydrogen-bond acceptors (Lipinski definition) is 4. The molecule has 1 aliphatic rings. The summed E-state index contributed by atoms with van der Waals surface area (Å²) in [6.07, 6.45) is 1.91. The molecule has 0 radical (unpaired) electrons. The molecule has 0 heterocycles. The fraction of sp³-hybridized carbons (Fsp3) is 0.500. The number of benzene rings is 1. The molecule has 1 N–H and O–H groups in total. The number of sulfone groups is 1. The van der Waals surface area contributed by atoms with Crippen LogP contribution in [0.2, 0.25) is 0 Å². The lowest BCUT2D eigenvalue weighted by atomic mass is 10.2. The first-order valence-electron chi connectivity index (χ1n) is 6.87. The lowest BCUT2D eigenvalue weighted by Gasteiger charge is -2.22. The van der Waals surface area contributed by atoms with Crippen LogP contribution in [0.5, 0.6) is 0 Å². The molecule has 1 aromatic rings. The van der Waals surface area contributed by atoms with Crippen LogP contribution in [-0.4, -0.2) is 48.5 Å².